The van der Waals surface area contributed by atoms with Crippen LogP contribution in [0.5, 0.6) is 0 Å². The van der Waals surface area contributed by atoms with Crippen LogP contribution in [0.15, 0.2) is 12.4 Å². The van der Waals surface area contributed by atoms with Gasteiger partial charge in [0.15, 0.2) is 0 Å². The Labute approximate surface area is 94.1 Å². The van der Waals surface area contributed by atoms with Gasteiger partial charge in [0.1, 0.15) is 5.82 Å². The number of nitrogens with zero attached hydrogens (tertiary/aromatic N) is 3. The van der Waals surface area contributed by atoms with Crippen LogP contribution in [0, 0.1) is 12.8 Å². The lowest BCUT2D eigenvalue weighted by Gasteiger charge is -2.31. The Morgan fingerprint density at radius 1 is 1.56 bits per heavy atom. The molecule has 2 rings (SSSR count). The van der Waals surface area contributed by atoms with E-state index in [1.54, 1.807) is 12.4 Å². The second-order valence-electron chi connectivity index (χ2n) is 4.14. The molecule has 0 saturated carbocycles. The molecular formula is C11H15N3O2. The summed E-state index contributed by atoms with van der Waals surface area (Å²) in [7, 11) is 0. The van der Waals surface area contributed by atoms with E-state index in [0.717, 1.165) is 30.9 Å². The molecule has 5 heteroatoms. The van der Waals surface area contributed by atoms with Crippen molar-refractivity contribution in [2.24, 2.45) is 5.92 Å². The molecule has 0 aliphatic carbocycles. The van der Waals surface area contributed by atoms with Gasteiger partial charge in [0.05, 0.1) is 17.8 Å². The van der Waals surface area contributed by atoms with Gasteiger partial charge < -0.3 is 10.0 Å². The van der Waals surface area contributed by atoms with Crippen molar-refractivity contribution in [3.05, 3.63) is 18.1 Å². The molecule has 1 N–H and O–H groups in total. The van der Waals surface area contributed by atoms with E-state index in [1.165, 1.54) is 0 Å². The number of anilines is 1. The summed E-state index contributed by atoms with van der Waals surface area (Å²) in [6.07, 6.45) is 5.04. The molecule has 86 valence electrons. The summed E-state index contributed by atoms with van der Waals surface area (Å²) in [6.45, 7) is 3.28. The van der Waals surface area contributed by atoms with Gasteiger partial charge in [-0.05, 0) is 19.8 Å². The van der Waals surface area contributed by atoms with E-state index in [0.29, 0.717) is 6.54 Å². The summed E-state index contributed by atoms with van der Waals surface area (Å²) in [5, 5.41) is 8.99. The molecule has 0 aromatic carbocycles. The fourth-order valence-corrected chi connectivity index (χ4v) is 1.99. The van der Waals surface area contributed by atoms with Crippen LogP contribution in [0.4, 0.5) is 5.82 Å². The highest BCUT2D eigenvalue weighted by atomic mass is 16.4. The highest BCUT2D eigenvalue weighted by molar-refractivity contribution is 5.71. The van der Waals surface area contributed by atoms with Gasteiger partial charge in [-0.25, -0.2) is 4.98 Å². The summed E-state index contributed by atoms with van der Waals surface area (Å²) in [5.41, 5.74) is 0.856. The lowest BCUT2D eigenvalue weighted by Crippen LogP contribution is -2.39. The minimum atomic E-state index is -0.717. The van der Waals surface area contributed by atoms with Crippen LogP contribution in [0.3, 0.4) is 0 Å². The van der Waals surface area contributed by atoms with Gasteiger partial charge in [-0.2, -0.15) is 0 Å². The van der Waals surface area contributed by atoms with Crippen molar-refractivity contribution in [1.29, 1.82) is 0 Å². The number of rotatable bonds is 2. The maximum absolute atomic E-state index is 10.9. The first-order valence-electron chi connectivity index (χ1n) is 5.43. The Morgan fingerprint density at radius 3 is 3.06 bits per heavy atom. The SMILES string of the molecule is Cc1cncc(N2CCC[C@H](C(=O)O)C2)n1. The van der Waals surface area contributed by atoms with Crippen LogP contribution in [0.25, 0.3) is 0 Å². The largest absolute Gasteiger partial charge is 0.481 e. The summed E-state index contributed by atoms with van der Waals surface area (Å²) in [4.78, 5) is 21.4. The number of carbonyl (C=O) groups is 1. The third kappa shape index (κ3) is 2.29. The van der Waals surface area contributed by atoms with E-state index in [4.69, 9.17) is 5.11 Å². The molecule has 0 spiro atoms. The number of carboxylic acids is 1. The van der Waals surface area contributed by atoms with Crippen LogP contribution in [-0.4, -0.2) is 34.1 Å². The van der Waals surface area contributed by atoms with Crippen molar-refractivity contribution in [1.82, 2.24) is 9.97 Å². The van der Waals surface area contributed by atoms with Crippen molar-refractivity contribution >= 4 is 11.8 Å². The Hall–Kier alpha value is -1.65. The molecule has 1 atom stereocenters. The molecule has 5 nitrogen and oxygen atoms in total. The number of carboxylic acid groups (broad SMARTS) is 1. The molecule has 2 heterocycles. The van der Waals surface area contributed by atoms with Crippen molar-refractivity contribution < 1.29 is 9.90 Å². The number of aryl methyl sites for hydroxylation is 1. The molecule has 0 bridgehead atoms. The Kier molecular flexibility index (Phi) is 3.03. The predicted molar refractivity (Wildman–Crippen MR) is 59.3 cm³/mol. The molecule has 1 saturated heterocycles. The molecule has 1 aromatic rings. The number of aromatic nitrogens is 2. The summed E-state index contributed by atoms with van der Waals surface area (Å²) in [5.74, 6) is -0.215. The molecule has 1 aliphatic rings. The topological polar surface area (TPSA) is 66.3 Å². The molecule has 1 aliphatic heterocycles. The zero-order valence-electron chi connectivity index (χ0n) is 9.26. The minimum Gasteiger partial charge on any atom is -0.481 e. The van der Waals surface area contributed by atoms with Crippen molar-refractivity contribution in [2.75, 3.05) is 18.0 Å². The van der Waals surface area contributed by atoms with Gasteiger partial charge in [-0.15, -0.1) is 0 Å². The molecular weight excluding hydrogens is 206 g/mol. The average molecular weight is 221 g/mol. The lowest BCUT2D eigenvalue weighted by molar-refractivity contribution is -0.141. The Bertz CT molecular complexity index is 395. The van der Waals surface area contributed by atoms with Crippen molar-refractivity contribution in [3.63, 3.8) is 0 Å². The van der Waals surface area contributed by atoms with E-state index < -0.39 is 5.97 Å². The van der Waals surface area contributed by atoms with Crippen molar-refractivity contribution in [2.45, 2.75) is 19.8 Å². The summed E-state index contributed by atoms with van der Waals surface area (Å²) >= 11 is 0. The summed E-state index contributed by atoms with van der Waals surface area (Å²) in [6, 6.07) is 0. The standard InChI is InChI=1S/C11H15N3O2/c1-8-5-12-6-10(13-8)14-4-2-3-9(7-14)11(15)16/h5-6,9H,2-4,7H2,1H3,(H,15,16)/t9-/m0/s1. The van der Waals surface area contributed by atoms with Gasteiger partial charge in [-0.3, -0.25) is 9.78 Å². The van der Waals surface area contributed by atoms with Crippen LogP contribution < -0.4 is 4.90 Å². The monoisotopic (exact) mass is 221 g/mol. The predicted octanol–water partition coefficient (Wildman–Crippen LogP) is 1.09. The highest BCUT2D eigenvalue weighted by Gasteiger charge is 2.26. The molecule has 1 aromatic heterocycles. The van der Waals surface area contributed by atoms with Gasteiger partial charge in [-0.1, -0.05) is 0 Å². The van der Waals surface area contributed by atoms with Crippen LogP contribution in [0.1, 0.15) is 18.5 Å². The number of aliphatic carboxylic acids is 1. The second-order valence-corrected chi connectivity index (χ2v) is 4.14. The fraction of sp³-hybridized carbons (Fsp3) is 0.545. The first-order chi connectivity index (χ1) is 7.66. The van der Waals surface area contributed by atoms with E-state index in [2.05, 4.69) is 9.97 Å². The normalized spacial score (nSPS) is 20.8. The molecule has 1 fully saturated rings. The average Bonchev–Trinajstić information content (AvgIpc) is 2.29. The van der Waals surface area contributed by atoms with Crippen LogP contribution >= 0.6 is 0 Å². The lowest BCUT2D eigenvalue weighted by atomic mass is 9.98. The third-order valence-electron chi connectivity index (χ3n) is 2.84. The smallest absolute Gasteiger partial charge is 0.308 e. The Morgan fingerprint density at radius 2 is 2.38 bits per heavy atom. The number of piperidine rings is 1. The quantitative estimate of drug-likeness (QED) is 0.809. The van der Waals surface area contributed by atoms with Gasteiger partial charge >= 0.3 is 5.97 Å². The zero-order chi connectivity index (χ0) is 11.5. The van der Waals surface area contributed by atoms with E-state index >= 15 is 0 Å². The van der Waals surface area contributed by atoms with Crippen molar-refractivity contribution in [3.8, 4) is 0 Å². The summed E-state index contributed by atoms with van der Waals surface area (Å²) < 4.78 is 0. The third-order valence-corrected chi connectivity index (χ3v) is 2.84. The molecule has 0 amide bonds. The molecule has 0 radical (unpaired) electrons. The fourth-order valence-electron chi connectivity index (χ4n) is 1.99. The second kappa shape index (κ2) is 4.47. The highest BCUT2D eigenvalue weighted by Crippen LogP contribution is 2.21. The van der Waals surface area contributed by atoms with Crippen LogP contribution in [0.2, 0.25) is 0 Å². The first kappa shape index (κ1) is 10.9. The Balaban J connectivity index is 2.12. The van der Waals surface area contributed by atoms with Gasteiger partial charge in [0, 0.05) is 19.3 Å². The van der Waals surface area contributed by atoms with E-state index in [1.807, 2.05) is 11.8 Å². The molecule has 16 heavy (non-hydrogen) atoms. The maximum Gasteiger partial charge on any atom is 0.308 e. The van der Waals surface area contributed by atoms with E-state index in [-0.39, 0.29) is 5.92 Å². The van der Waals surface area contributed by atoms with Gasteiger partial charge in [0.25, 0.3) is 0 Å². The molecule has 0 unspecified atom stereocenters. The first-order valence-corrected chi connectivity index (χ1v) is 5.43. The van der Waals surface area contributed by atoms with Gasteiger partial charge in [0.2, 0.25) is 0 Å². The zero-order valence-corrected chi connectivity index (χ0v) is 9.26. The van der Waals surface area contributed by atoms with E-state index in [9.17, 15) is 4.79 Å². The minimum absolute atomic E-state index is 0.281. The van der Waals surface area contributed by atoms with Crippen LogP contribution in [-0.2, 0) is 4.79 Å². The number of hydrogen-bond acceptors (Lipinski definition) is 4. The number of hydrogen-bond donors (Lipinski definition) is 1. The maximum atomic E-state index is 10.9.